The van der Waals surface area contributed by atoms with Gasteiger partial charge < -0.3 is 14.4 Å². The SMILES string of the molecule is CC(C)(C)OC(=O)CCN1CCC2(CC1)COc1cc(/C=C/c3cc(Cl)ccc3Cl)ccc12. The van der Waals surface area contributed by atoms with Crippen LogP contribution in [-0.4, -0.2) is 42.7 Å². The van der Waals surface area contributed by atoms with Crippen molar-refractivity contribution in [2.24, 2.45) is 0 Å². The van der Waals surface area contributed by atoms with Crippen LogP contribution in [0.4, 0.5) is 0 Å². The largest absolute Gasteiger partial charge is 0.492 e. The van der Waals surface area contributed by atoms with Gasteiger partial charge >= 0.3 is 5.97 Å². The summed E-state index contributed by atoms with van der Waals surface area (Å²) in [6.07, 6.45) is 6.50. The van der Waals surface area contributed by atoms with E-state index in [0.29, 0.717) is 16.5 Å². The topological polar surface area (TPSA) is 38.8 Å². The van der Waals surface area contributed by atoms with Crippen LogP contribution in [0.3, 0.4) is 0 Å². The van der Waals surface area contributed by atoms with Gasteiger partial charge in [0.1, 0.15) is 11.4 Å². The Kier molecular flexibility index (Phi) is 7.09. The van der Waals surface area contributed by atoms with Crippen molar-refractivity contribution in [2.45, 2.75) is 51.0 Å². The summed E-state index contributed by atoms with van der Waals surface area (Å²) >= 11 is 12.4. The molecule has 0 bridgehead atoms. The maximum atomic E-state index is 12.0. The highest BCUT2D eigenvalue weighted by Crippen LogP contribution is 2.46. The van der Waals surface area contributed by atoms with E-state index in [-0.39, 0.29) is 11.4 Å². The minimum absolute atomic E-state index is 0.0657. The Morgan fingerprint density at radius 1 is 1.12 bits per heavy atom. The highest BCUT2D eigenvalue weighted by Gasteiger charge is 2.43. The number of hydrogen-bond acceptors (Lipinski definition) is 4. The van der Waals surface area contributed by atoms with Crippen molar-refractivity contribution in [3.63, 3.8) is 0 Å². The number of likely N-dealkylation sites (tertiary alicyclic amines) is 1. The molecule has 0 amide bonds. The van der Waals surface area contributed by atoms with Crippen molar-refractivity contribution in [2.75, 3.05) is 26.2 Å². The molecule has 1 saturated heterocycles. The fourth-order valence-corrected chi connectivity index (χ4v) is 4.94. The van der Waals surface area contributed by atoms with Gasteiger partial charge in [0, 0.05) is 27.6 Å². The molecule has 0 aromatic heterocycles. The third kappa shape index (κ3) is 5.92. The maximum absolute atomic E-state index is 12.0. The molecule has 6 heteroatoms. The lowest BCUT2D eigenvalue weighted by Crippen LogP contribution is -2.44. The molecule has 2 heterocycles. The highest BCUT2D eigenvalue weighted by atomic mass is 35.5. The molecule has 176 valence electrons. The summed E-state index contributed by atoms with van der Waals surface area (Å²) in [5.74, 6) is 0.841. The highest BCUT2D eigenvalue weighted by molar-refractivity contribution is 6.34. The Balaban J connectivity index is 1.37. The lowest BCUT2D eigenvalue weighted by atomic mass is 9.74. The molecule has 2 aromatic rings. The predicted octanol–water partition coefficient (Wildman–Crippen LogP) is 6.62. The van der Waals surface area contributed by atoms with Crippen LogP contribution in [-0.2, 0) is 14.9 Å². The molecule has 2 aliphatic heterocycles. The summed E-state index contributed by atoms with van der Waals surface area (Å²) in [5.41, 5.74) is 2.89. The van der Waals surface area contributed by atoms with Crippen molar-refractivity contribution in [3.05, 3.63) is 63.1 Å². The fourth-order valence-electron chi connectivity index (χ4n) is 4.58. The minimum atomic E-state index is -0.428. The molecule has 4 rings (SSSR count). The Hall–Kier alpha value is -2.01. The smallest absolute Gasteiger partial charge is 0.307 e. The first-order valence-electron chi connectivity index (χ1n) is 11.5. The number of carbonyl (C=O) groups excluding carboxylic acids is 1. The zero-order valence-electron chi connectivity index (χ0n) is 19.5. The molecule has 2 aliphatic rings. The van der Waals surface area contributed by atoms with Gasteiger partial charge in [0.2, 0.25) is 0 Å². The molecule has 1 spiro atoms. The maximum Gasteiger partial charge on any atom is 0.307 e. The second-order valence-electron chi connectivity index (χ2n) is 10.0. The monoisotopic (exact) mass is 487 g/mol. The zero-order chi connectivity index (χ0) is 23.6. The van der Waals surface area contributed by atoms with Crippen molar-refractivity contribution < 1.29 is 14.3 Å². The first kappa shape index (κ1) is 24.1. The van der Waals surface area contributed by atoms with Crippen LogP contribution in [0, 0.1) is 0 Å². The van der Waals surface area contributed by atoms with Gasteiger partial charge in [0.05, 0.1) is 13.0 Å². The summed E-state index contributed by atoms with van der Waals surface area (Å²) in [7, 11) is 0. The average Bonchev–Trinajstić information content (AvgIpc) is 3.10. The van der Waals surface area contributed by atoms with Gasteiger partial charge in [-0.05, 0) is 82.1 Å². The average molecular weight is 488 g/mol. The van der Waals surface area contributed by atoms with Crippen LogP contribution < -0.4 is 4.74 Å². The molecule has 0 N–H and O–H groups in total. The molecule has 33 heavy (non-hydrogen) atoms. The third-order valence-electron chi connectivity index (χ3n) is 6.36. The van der Waals surface area contributed by atoms with E-state index in [0.717, 1.165) is 56.0 Å². The standard InChI is InChI=1S/C27H31Cl2NO3/c1-26(2,3)33-25(31)10-13-30-14-11-27(12-15-30)18-32-24-16-19(5-8-22(24)27)4-6-20-17-21(28)7-9-23(20)29/h4-9,16-17H,10-15,18H2,1-3H3/b6-4+. The molecule has 4 nitrogen and oxygen atoms in total. The van der Waals surface area contributed by atoms with E-state index in [1.165, 1.54) is 5.56 Å². The first-order valence-corrected chi connectivity index (χ1v) is 12.2. The molecule has 1 fully saturated rings. The van der Waals surface area contributed by atoms with Gasteiger partial charge in [-0.15, -0.1) is 0 Å². The summed E-state index contributed by atoms with van der Waals surface area (Å²) < 4.78 is 11.6. The van der Waals surface area contributed by atoms with Crippen LogP contribution in [0.2, 0.25) is 10.0 Å². The first-order chi connectivity index (χ1) is 15.6. The van der Waals surface area contributed by atoms with Crippen LogP contribution >= 0.6 is 23.2 Å². The molecule has 0 aliphatic carbocycles. The van der Waals surface area contributed by atoms with Gasteiger partial charge in [-0.25, -0.2) is 0 Å². The van der Waals surface area contributed by atoms with E-state index in [1.54, 1.807) is 12.1 Å². The Bertz CT molecular complexity index is 1050. The molecule has 0 atom stereocenters. The lowest BCUT2D eigenvalue weighted by Gasteiger charge is -2.38. The van der Waals surface area contributed by atoms with Crippen LogP contribution in [0.15, 0.2) is 36.4 Å². The van der Waals surface area contributed by atoms with Crippen LogP contribution in [0.5, 0.6) is 5.75 Å². The number of rotatable bonds is 5. The molecule has 0 unspecified atom stereocenters. The minimum Gasteiger partial charge on any atom is -0.492 e. The van der Waals surface area contributed by atoms with E-state index >= 15 is 0 Å². The van der Waals surface area contributed by atoms with E-state index in [4.69, 9.17) is 32.7 Å². The molecular weight excluding hydrogens is 457 g/mol. The van der Waals surface area contributed by atoms with E-state index in [9.17, 15) is 4.79 Å². The number of hydrogen-bond donors (Lipinski definition) is 0. The third-order valence-corrected chi connectivity index (χ3v) is 6.94. The zero-order valence-corrected chi connectivity index (χ0v) is 21.0. The summed E-state index contributed by atoms with van der Waals surface area (Å²) in [5, 5.41) is 1.33. The van der Waals surface area contributed by atoms with E-state index in [1.807, 2.05) is 39.0 Å². The number of halogens is 2. The van der Waals surface area contributed by atoms with Crippen LogP contribution in [0.25, 0.3) is 12.2 Å². The number of nitrogens with zero attached hydrogens (tertiary/aromatic N) is 1. The van der Waals surface area contributed by atoms with Crippen molar-refractivity contribution in [3.8, 4) is 5.75 Å². The number of benzene rings is 2. The Labute approximate surface area is 206 Å². The summed E-state index contributed by atoms with van der Waals surface area (Å²) in [6.45, 7) is 9.09. The fraction of sp³-hybridized carbons (Fsp3) is 0.444. The number of piperidine rings is 1. The van der Waals surface area contributed by atoms with Crippen molar-refractivity contribution >= 4 is 41.3 Å². The number of esters is 1. The molecule has 0 saturated carbocycles. The quantitative estimate of drug-likeness (QED) is 0.350. The molecular formula is C27H31Cl2NO3. The lowest BCUT2D eigenvalue weighted by molar-refractivity contribution is -0.155. The number of fused-ring (bicyclic) bond motifs is 2. The van der Waals surface area contributed by atoms with Gasteiger partial charge in [-0.2, -0.15) is 0 Å². The van der Waals surface area contributed by atoms with Gasteiger partial charge in [-0.3, -0.25) is 4.79 Å². The number of ether oxygens (including phenoxy) is 2. The van der Waals surface area contributed by atoms with Gasteiger partial charge in [0.15, 0.2) is 0 Å². The predicted molar refractivity (Wildman–Crippen MR) is 135 cm³/mol. The molecule has 0 radical (unpaired) electrons. The normalized spacial score (nSPS) is 17.8. The Morgan fingerprint density at radius 2 is 1.88 bits per heavy atom. The second-order valence-corrected chi connectivity index (χ2v) is 10.8. The van der Waals surface area contributed by atoms with E-state index in [2.05, 4.69) is 23.1 Å². The van der Waals surface area contributed by atoms with Crippen LogP contribution in [0.1, 0.15) is 56.7 Å². The summed E-state index contributed by atoms with van der Waals surface area (Å²) in [4.78, 5) is 14.4. The van der Waals surface area contributed by atoms with Crippen molar-refractivity contribution in [1.29, 1.82) is 0 Å². The molecule has 2 aromatic carbocycles. The Morgan fingerprint density at radius 3 is 2.61 bits per heavy atom. The number of carbonyl (C=O) groups is 1. The van der Waals surface area contributed by atoms with E-state index < -0.39 is 5.60 Å². The van der Waals surface area contributed by atoms with Gasteiger partial charge in [0.25, 0.3) is 0 Å². The van der Waals surface area contributed by atoms with Crippen molar-refractivity contribution in [1.82, 2.24) is 4.90 Å². The second kappa shape index (κ2) is 9.69. The van der Waals surface area contributed by atoms with Gasteiger partial charge in [-0.1, -0.05) is 47.5 Å². The summed E-state index contributed by atoms with van der Waals surface area (Å²) in [6, 6.07) is 11.9.